The second-order valence-corrected chi connectivity index (χ2v) is 4.76. The fourth-order valence-corrected chi connectivity index (χ4v) is 1.70. The predicted molar refractivity (Wildman–Crippen MR) is 74.0 cm³/mol. The van der Waals surface area contributed by atoms with Crippen molar-refractivity contribution in [2.45, 2.75) is 20.3 Å². The molecule has 1 amide bonds. The number of rotatable bonds is 5. The molecule has 0 aliphatic heterocycles. The van der Waals surface area contributed by atoms with E-state index in [9.17, 15) is 14.9 Å². The number of benzene rings is 1. The topological polar surface area (TPSA) is 89.5 Å². The first-order chi connectivity index (χ1) is 8.85. The van der Waals surface area contributed by atoms with E-state index >= 15 is 0 Å². The summed E-state index contributed by atoms with van der Waals surface area (Å²) in [6, 6.07) is 5.88. The number of anilines is 1. The molecule has 0 saturated carbocycles. The molecule has 0 heterocycles. The van der Waals surface area contributed by atoms with Crippen molar-refractivity contribution in [2.75, 3.05) is 18.5 Å². The summed E-state index contributed by atoms with van der Waals surface area (Å²) in [5.41, 5.74) is 5.66. The largest absolute Gasteiger partial charge is 0.329 e. The Morgan fingerprint density at radius 2 is 1.95 bits per heavy atom. The quantitative estimate of drug-likeness (QED) is 0.650. The molecule has 0 aliphatic rings. The Kier molecular flexibility index (Phi) is 4.61. The van der Waals surface area contributed by atoms with Crippen LogP contribution in [-0.4, -0.2) is 24.4 Å². The molecule has 0 radical (unpaired) electrons. The molecular weight excluding hydrogens is 246 g/mol. The second-order valence-electron chi connectivity index (χ2n) is 4.76. The smallest absolute Gasteiger partial charge is 0.269 e. The number of carbonyl (C=O) groups excluding carboxylic acids is 1. The van der Waals surface area contributed by atoms with Crippen LogP contribution in [0.15, 0.2) is 24.3 Å². The van der Waals surface area contributed by atoms with Gasteiger partial charge in [-0.2, -0.15) is 0 Å². The number of hydrogen-bond donors (Lipinski definition) is 1. The Morgan fingerprint density at radius 3 is 2.32 bits per heavy atom. The molecule has 0 aliphatic carbocycles. The molecule has 1 atom stereocenters. The van der Waals surface area contributed by atoms with Crippen LogP contribution in [0.25, 0.3) is 0 Å². The number of nitro groups is 1. The standard InChI is InChI=1S/C13H19N3O3/c1-4-13(2,9-14)12(17)15(3)10-5-7-11(8-6-10)16(18)19/h5-8H,4,9,14H2,1-3H3. The van der Waals surface area contributed by atoms with Crippen molar-refractivity contribution in [1.29, 1.82) is 0 Å². The summed E-state index contributed by atoms with van der Waals surface area (Å²) < 4.78 is 0. The van der Waals surface area contributed by atoms with Gasteiger partial charge in [0, 0.05) is 31.4 Å². The number of hydrogen-bond acceptors (Lipinski definition) is 4. The molecule has 1 aromatic carbocycles. The third-order valence-electron chi connectivity index (χ3n) is 3.50. The normalized spacial score (nSPS) is 13.7. The molecule has 1 aromatic rings. The number of nitrogens with two attached hydrogens (primary N) is 1. The molecule has 1 unspecified atom stereocenters. The molecule has 6 nitrogen and oxygen atoms in total. The molecule has 19 heavy (non-hydrogen) atoms. The maximum atomic E-state index is 12.4. The van der Waals surface area contributed by atoms with Crippen LogP contribution < -0.4 is 10.6 Å². The van der Waals surface area contributed by atoms with Gasteiger partial charge in [-0.1, -0.05) is 6.92 Å². The van der Waals surface area contributed by atoms with E-state index in [-0.39, 0.29) is 18.1 Å². The highest BCUT2D eigenvalue weighted by Crippen LogP contribution is 2.26. The van der Waals surface area contributed by atoms with Crippen LogP contribution in [0, 0.1) is 15.5 Å². The lowest BCUT2D eigenvalue weighted by Gasteiger charge is -2.30. The maximum absolute atomic E-state index is 12.4. The van der Waals surface area contributed by atoms with E-state index in [2.05, 4.69) is 0 Å². The molecule has 1 rings (SSSR count). The summed E-state index contributed by atoms with van der Waals surface area (Å²) in [7, 11) is 1.65. The Morgan fingerprint density at radius 1 is 1.42 bits per heavy atom. The summed E-state index contributed by atoms with van der Waals surface area (Å²) >= 11 is 0. The van der Waals surface area contributed by atoms with Gasteiger partial charge in [0.25, 0.3) is 5.69 Å². The van der Waals surface area contributed by atoms with Gasteiger partial charge in [0.2, 0.25) is 5.91 Å². The average molecular weight is 265 g/mol. The van der Waals surface area contributed by atoms with Crippen LogP contribution in [0.5, 0.6) is 0 Å². The lowest BCUT2D eigenvalue weighted by molar-refractivity contribution is -0.384. The van der Waals surface area contributed by atoms with Gasteiger partial charge in [0.05, 0.1) is 10.3 Å². The lowest BCUT2D eigenvalue weighted by Crippen LogP contribution is -2.44. The number of carbonyl (C=O) groups is 1. The van der Waals surface area contributed by atoms with Crippen LogP contribution in [0.3, 0.4) is 0 Å². The molecule has 0 aromatic heterocycles. The number of nitro benzene ring substituents is 1. The zero-order valence-electron chi connectivity index (χ0n) is 11.4. The molecule has 104 valence electrons. The maximum Gasteiger partial charge on any atom is 0.269 e. The van der Waals surface area contributed by atoms with Crippen LogP contribution in [0.2, 0.25) is 0 Å². The van der Waals surface area contributed by atoms with Crippen LogP contribution in [-0.2, 0) is 4.79 Å². The summed E-state index contributed by atoms with van der Waals surface area (Å²) in [6.45, 7) is 3.99. The highest BCUT2D eigenvalue weighted by atomic mass is 16.6. The fourth-order valence-electron chi connectivity index (χ4n) is 1.70. The van der Waals surface area contributed by atoms with E-state index in [1.54, 1.807) is 19.2 Å². The third-order valence-corrected chi connectivity index (χ3v) is 3.50. The van der Waals surface area contributed by atoms with Crippen molar-refractivity contribution < 1.29 is 9.72 Å². The first-order valence-corrected chi connectivity index (χ1v) is 6.08. The van der Waals surface area contributed by atoms with Crippen LogP contribution in [0.4, 0.5) is 11.4 Å². The highest BCUT2D eigenvalue weighted by molar-refractivity contribution is 5.97. The molecule has 0 spiro atoms. The van der Waals surface area contributed by atoms with E-state index in [0.717, 1.165) is 0 Å². The zero-order valence-corrected chi connectivity index (χ0v) is 11.4. The van der Waals surface area contributed by atoms with Gasteiger partial charge in [-0.3, -0.25) is 14.9 Å². The second kappa shape index (κ2) is 5.79. The van der Waals surface area contributed by atoms with Gasteiger partial charge in [-0.25, -0.2) is 0 Å². The Labute approximate surface area is 112 Å². The summed E-state index contributed by atoms with van der Waals surface area (Å²) in [4.78, 5) is 24.0. The Hall–Kier alpha value is -1.95. The van der Waals surface area contributed by atoms with Gasteiger partial charge in [-0.05, 0) is 25.5 Å². The summed E-state index contributed by atoms with van der Waals surface area (Å²) in [5, 5.41) is 10.6. The Balaban J connectivity index is 2.97. The third kappa shape index (κ3) is 3.08. The van der Waals surface area contributed by atoms with Crippen molar-refractivity contribution in [3.63, 3.8) is 0 Å². The van der Waals surface area contributed by atoms with Gasteiger partial charge < -0.3 is 10.6 Å². The van der Waals surface area contributed by atoms with Crippen LogP contribution in [0.1, 0.15) is 20.3 Å². The Bertz CT molecular complexity index is 467. The van der Waals surface area contributed by atoms with Gasteiger partial charge in [0.15, 0.2) is 0 Å². The molecule has 0 saturated heterocycles. The zero-order chi connectivity index (χ0) is 14.6. The van der Waals surface area contributed by atoms with E-state index in [4.69, 9.17) is 5.73 Å². The first-order valence-electron chi connectivity index (χ1n) is 6.08. The first kappa shape index (κ1) is 15.1. The average Bonchev–Trinajstić information content (AvgIpc) is 2.44. The molecule has 0 bridgehead atoms. The summed E-state index contributed by atoms with van der Waals surface area (Å²) in [6.07, 6.45) is 0.639. The van der Waals surface area contributed by atoms with Gasteiger partial charge >= 0.3 is 0 Å². The molecular formula is C13H19N3O3. The summed E-state index contributed by atoms with van der Waals surface area (Å²) in [5.74, 6) is -0.0913. The predicted octanol–water partition coefficient (Wildman–Crippen LogP) is 1.93. The number of nitrogens with zero attached hydrogens (tertiary/aromatic N) is 2. The monoisotopic (exact) mass is 265 g/mol. The van der Waals surface area contributed by atoms with Crippen molar-refractivity contribution in [3.8, 4) is 0 Å². The van der Waals surface area contributed by atoms with Gasteiger partial charge in [0.1, 0.15) is 0 Å². The van der Waals surface area contributed by atoms with Crippen molar-refractivity contribution in [1.82, 2.24) is 0 Å². The lowest BCUT2D eigenvalue weighted by atomic mass is 9.86. The van der Waals surface area contributed by atoms with Crippen molar-refractivity contribution >= 4 is 17.3 Å². The van der Waals surface area contributed by atoms with Crippen molar-refractivity contribution in [2.24, 2.45) is 11.1 Å². The van der Waals surface area contributed by atoms with E-state index < -0.39 is 10.3 Å². The van der Waals surface area contributed by atoms with E-state index in [1.165, 1.54) is 17.0 Å². The SMILES string of the molecule is CCC(C)(CN)C(=O)N(C)c1ccc([N+](=O)[O-])cc1. The minimum absolute atomic E-state index is 0.00155. The molecule has 0 fully saturated rings. The van der Waals surface area contributed by atoms with Crippen LogP contribution >= 0.6 is 0 Å². The molecule has 2 N–H and O–H groups in total. The van der Waals surface area contributed by atoms with E-state index in [0.29, 0.717) is 12.1 Å². The highest BCUT2D eigenvalue weighted by Gasteiger charge is 2.32. The minimum atomic E-state index is -0.615. The number of amides is 1. The number of non-ortho nitro benzene ring substituents is 1. The van der Waals surface area contributed by atoms with E-state index in [1.807, 2.05) is 13.8 Å². The van der Waals surface area contributed by atoms with Gasteiger partial charge in [-0.15, -0.1) is 0 Å². The minimum Gasteiger partial charge on any atom is -0.329 e. The molecule has 6 heteroatoms. The fraction of sp³-hybridized carbons (Fsp3) is 0.462. The van der Waals surface area contributed by atoms with Crippen molar-refractivity contribution in [3.05, 3.63) is 34.4 Å².